The van der Waals surface area contributed by atoms with E-state index in [1.54, 1.807) is 7.05 Å². The smallest absolute Gasteiger partial charge is 0.222 e. The quantitative estimate of drug-likeness (QED) is 0.266. The number of nitrogens with one attached hydrogen (secondary N) is 1. The zero-order valence-electron chi connectivity index (χ0n) is 16.7. The van der Waals surface area contributed by atoms with E-state index < -0.39 is 0 Å². The lowest BCUT2D eigenvalue weighted by Crippen LogP contribution is -2.26. The maximum Gasteiger partial charge on any atom is 0.222 e. The molecule has 0 aliphatic heterocycles. The molecular formula is C23H39NO. The molecule has 0 fully saturated rings. The SMILES string of the molecule is CCCCC/C=C\C/C=C\C/C=C\C/C=C\CCC(CC)C(=O)NC. The van der Waals surface area contributed by atoms with Gasteiger partial charge in [0.1, 0.15) is 0 Å². The van der Waals surface area contributed by atoms with Gasteiger partial charge in [-0.2, -0.15) is 0 Å². The van der Waals surface area contributed by atoms with E-state index in [4.69, 9.17) is 0 Å². The molecule has 1 N–H and O–H groups in total. The van der Waals surface area contributed by atoms with Crippen molar-refractivity contribution in [1.29, 1.82) is 0 Å². The first-order chi connectivity index (χ1) is 12.3. The first kappa shape index (κ1) is 23.4. The molecular weight excluding hydrogens is 306 g/mol. The summed E-state index contributed by atoms with van der Waals surface area (Å²) in [5.74, 6) is 0.314. The predicted molar refractivity (Wildman–Crippen MR) is 112 cm³/mol. The minimum Gasteiger partial charge on any atom is -0.359 e. The highest BCUT2D eigenvalue weighted by atomic mass is 16.1. The van der Waals surface area contributed by atoms with Crippen molar-refractivity contribution in [3.05, 3.63) is 48.6 Å². The Labute approximate surface area is 156 Å². The van der Waals surface area contributed by atoms with Crippen molar-refractivity contribution >= 4 is 5.91 Å². The molecule has 1 atom stereocenters. The lowest BCUT2D eigenvalue weighted by atomic mass is 9.99. The zero-order chi connectivity index (χ0) is 18.6. The summed E-state index contributed by atoms with van der Waals surface area (Å²) in [5.41, 5.74) is 0. The Bertz CT molecular complexity index is 418. The molecule has 2 heteroatoms. The van der Waals surface area contributed by atoms with Gasteiger partial charge in [-0.3, -0.25) is 4.79 Å². The van der Waals surface area contributed by atoms with Crippen LogP contribution < -0.4 is 5.32 Å². The topological polar surface area (TPSA) is 29.1 Å². The van der Waals surface area contributed by atoms with E-state index in [1.807, 2.05) is 0 Å². The van der Waals surface area contributed by atoms with Gasteiger partial charge in [-0.1, -0.05) is 75.3 Å². The molecule has 25 heavy (non-hydrogen) atoms. The van der Waals surface area contributed by atoms with Crippen molar-refractivity contribution in [1.82, 2.24) is 5.32 Å². The number of rotatable bonds is 15. The van der Waals surface area contributed by atoms with Crippen molar-refractivity contribution < 1.29 is 4.79 Å². The van der Waals surface area contributed by atoms with E-state index in [0.29, 0.717) is 0 Å². The van der Waals surface area contributed by atoms with Crippen LogP contribution in [0.5, 0.6) is 0 Å². The summed E-state index contributed by atoms with van der Waals surface area (Å²) in [6, 6.07) is 0. The van der Waals surface area contributed by atoms with Crippen LogP contribution in [0.2, 0.25) is 0 Å². The Kier molecular flexibility index (Phi) is 17.6. The summed E-state index contributed by atoms with van der Waals surface area (Å²) >= 11 is 0. The first-order valence-corrected chi connectivity index (χ1v) is 10.1. The lowest BCUT2D eigenvalue weighted by molar-refractivity contribution is -0.124. The molecule has 0 spiro atoms. The largest absolute Gasteiger partial charge is 0.359 e. The standard InChI is InChI=1S/C23H39NO/c1-4-6-7-8-9-10-11-12-13-14-15-16-17-18-19-20-21-22(5-2)23(25)24-3/h9-10,12-13,15-16,18-19,22H,4-8,11,14,17,20-21H2,1-3H3,(H,24,25)/b10-9-,13-12-,16-15-,19-18-. The molecule has 0 rings (SSSR count). The predicted octanol–water partition coefficient (Wildman–Crippen LogP) is 6.51. The van der Waals surface area contributed by atoms with Crippen LogP contribution >= 0.6 is 0 Å². The molecule has 0 bridgehead atoms. The number of hydrogen-bond acceptors (Lipinski definition) is 1. The number of allylic oxidation sites excluding steroid dienone is 8. The second-order valence-electron chi connectivity index (χ2n) is 6.39. The Balaban J connectivity index is 3.62. The molecule has 0 aromatic rings. The molecule has 0 aromatic carbocycles. The van der Waals surface area contributed by atoms with Gasteiger partial charge >= 0.3 is 0 Å². The van der Waals surface area contributed by atoms with Crippen LogP contribution in [0.4, 0.5) is 0 Å². The van der Waals surface area contributed by atoms with Gasteiger partial charge < -0.3 is 5.32 Å². The second kappa shape index (κ2) is 18.8. The minimum absolute atomic E-state index is 0.149. The number of amides is 1. The molecule has 0 aliphatic carbocycles. The fourth-order valence-corrected chi connectivity index (χ4v) is 2.58. The van der Waals surface area contributed by atoms with Crippen molar-refractivity contribution in [3.63, 3.8) is 0 Å². The van der Waals surface area contributed by atoms with Crippen LogP contribution in [0.3, 0.4) is 0 Å². The molecule has 0 heterocycles. The van der Waals surface area contributed by atoms with E-state index in [1.165, 1.54) is 25.7 Å². The van der Waals surface area contributed by atoms with Crippen molar-refractivity contribution in [2.75, 3.05) is 7.05 Å². The van der Waals surface area contributed by atoms with Crippen LogP contribution in [-0.4, -0.2) is 13.0 Å². The fraction of sp³-hybridized carbons (Fsp3) is 0.609. The molecule has 1 amide bonds. The highest BCUT2D eigenvalue weighted by Gasteiger charge is 2.12. The average Bonchev–Trinajstić information content (AvgIpc) is 2.64. The summed E-state index contributed by atoms with van der Waals surface area (Å²) < 4.78 is 0. The monoisotopic (exact) mass is 345 g/mol. The third-order valence-corrected chi connectivity index (χ3v) is 4.25. The van der Waals surface area contributed by atoms with Gasteiger partial charge in [0.15, 0.2) is 0 Å². The Morgan fingerprint density at radius 1 is 0.800 bits per heavy atom. The normalized spacial score (nSPS) is 13.6. The maximum absolute atomic E-state index is 11.6. The third kappa shape index (κ3) is 15.7. The van der Waals surface area contributed by atoms with E-state index >= 15 is 0 Å². The molecule has 0 saturated heterocycles. The van der Waals surface area contributed by atoms with Crippen molar-refractivity contribution in [2.45, 2.75) is 78.1 Å². The van der Waals surface area contributed by atoms with Gasteiger partial charge in [0.05, 0.1) is 0 Å². The molecule has 142 valence electrons. The molecule has 0 radical (unpaired) electrons. The van der Waals surface area contributed by atoms with Gasteiger partial charge in [-0.25, -0.2) is 0 Å². The Morgan fingerprint density at radius 3 is 1.80 bits per heavy atom. The second-order valence-corrected chi connectivity index (χ2v) is 6.39. The molecule has 2 nitrogen and oxygen atoms in total. The Hall–Kier alpha value is -1.57. The van der Waals surface area contributed by atoms with Crippen molar-refractivity contribution in [3.8, 4) is 0 Å². The number of hydrogen-bond donors (Lipinski definition) is 1. The van der Waals surface area contributed by atoms with E-state index in [2.05, 4.69) is 67.8 Å². The molecule has 0 aliphatic rings. The third-order valence-electron chi connectivity index (χ3n) is 4.25. The van der Waals surface area contributed by atoms with E-state index in [9.17, 15) is 4.79 Å². The summed E-state index contributed by atoms with van der Waals surface area (Å²) in [6.45, 7) is 4.31. The lowest BCUT2D eigenvalue weighted by Gasteiger charge is -2.11. The summed E-state index contributed by atoms with van der Waals surface area (Å²) in [6.07, 6.45) is 28.8. The molecule has 0 aromatic heterocycles. The molecule has 1 unspecified atom stereocenters. The van der Waals surface area contributed by atoms with Crippen LogP contribution in [0.15, 0.2) is 48.6 Å². The van der Waals surface area contributed by atoms with Gasteiger partial charge in [0, 0.05) is 13.0 Å². The van der Waals surface area contributed by atoms with Crippen molar-refractivity contribution in [2.24, 2.45) is 5.92 Å². The van der Waals surface area contributed by atoms with Crippen LogP contribution in [-0.2, 0) is 4.79 Å². The average molecular weight is 346 g/mol. The summed E-state index contributed by atoms with van der Waals surface area (Å²) in [5, 5.41) is 2.74. The fourth-order valence-electron chi connectivity index (χ4n) is 2.58. The van der Waals surface area contributed by atoms with Gasteiger partial charge in [0.2, 0.25) is 5.91 Å². The highest BCUT2D eigenvalue weighted by molar-refractivity contribution is 5.78. The van der Waals surface area contributed by atoms with Crippen LogP contribution in [0, 0.1) is 5.92 Å². The zero-order valence-corrected chi connectivity index (χ0v) is 16.7. The van der Waals surface area contributed by atoms with Gasteiger partial charge in [0.25, 0.3) is 0 Å². The maximum atomic E-state index is 11.6. The molecule has 0 saturated carbocycles. The number of carbonyl (C=O) groups excluding carboxylic acids is 1. The summed E-state index contributed by atoms with van der Waals surface area (Å²) in [7, 11) is 1.71. The van der Waals surface area contributed by atoms with Gasteiger partial charge in [-0.15, -0.1) is 0 Å². The van der Waals surface area contributed by atoms with Gasteiger partial charge in [-0.05, 0) is 51.4 Å². The van der Waals surface area contributed by atoms with Crippen LogP contribution in [0.25, 0.3) is 0 Å². The minimum atomic E-state index is 0.149. The number of carbonyl (C=O) groups is 1. The summed E-state index contributed by atoms with van der Waals surface area (Å²) in [4.78, 5) is 11.6. The first-order valence-electron chi connectivity index (χ1n) is 10.1. The van der Waals surface area contributed by atoms with E-state index in [-0.39, 0.29) is 11.8 Å². The highest BCUT2D eigenvalue weighted by Crippen LogP contribution is 2.11. The van der Waals surface area contributed by atoms with Crippen LogP contribution in [0.1, 0.15) is 78.1 Å². The van der Waals surface area contributed by atoms with E-state index in [0.717, 1.165) is 38.5 Å². The Morgan fingerprint density at radius 2 is 1.32 bits per heavy atom. The number of unbranched alkanes of at least 4 members (excludes halogenated alkanes) is 3.